The van der Waals surface area contributed by atoms with E-state index in [1.54, 1.807) is 0 Å². The summed E-state index contributed by atoms with van der Waals surface area (Å²) in [5.74, 6) is 0. The van der Waals surface area contributed by atoms with Gasteiger partial charge in [-0.2, -0.15) is 0 Å². The van der Waals surface area contributed by atoms with Crippen LogP contribution in [0, 0.1) is 0 Å². The lowest BCUT2D eigenvalue weighted by Crippen LogP contribution is -2.09. The van der Waals surface area contributed by atoms with Crippen molar-refractivity contribution in [2.24, 2.45) is 0 Å². The molecule has 2 N–H and O–H groups in total. The van der Waals surface area contributed by atoms with Gasteiger partial charge in [0.15, 0.2) is 6.29 Å². The molecule has 2 heterocycles. The molecule has 0 aromatic heterocycles. The van der Waals surface area contributed by atoms with E-state index >= 15 is 0 Å². The normalized spacial score (nSPS) is 37.1. The zero-order chi connectivity index (χ0) is 6.97. The number of aliphatic hydroxyl groups excluding tert-OH is 1. The SMILES string of the molecule is OC1OC1CC1=CCCN1. The highest BCUT2D eigenvalue weighted by Crippen LogP contribution is 2.25. The van der Waals surface area contributed by atoms with E-state index in [-0.39, 0.29) is 6.10 Å². The molecule has 2 aliphatic heterocycles. The van der Waals surface area contributed by atoms with Gasteiger partial charge in [0.25, 0.3) is 0 Å². The first-order valence-electron chi connectivity index (χ1n) is 3.63. The predicted molar refractivity (Wildman–Crippen MR) is 36.2 cm³/mol. The molecule has 0 saturated carbocycles. The monoisotopic (exact) mass is 141 g/mol. The summed E-state index contributed by atoms with van der Waals surface area (Å²) in [5.41, 5.74) is 1.22. The second-order valence-corrected chi connectivity index (χ2v) is 2.71. The molecule has 1 saturated heterocycles. The maximum absolute atomic E-state index is 8.81. The van der Waals surface area contributed by atoms with Crippen LogP contribution in [0.1, 0.15) is 12.8 Å². The van der Waals surface area contributed by atoms with Gasteiger partial charge in [0.1, 0.15) is 6.10 Å². The van der Waals surface area contributed by atoms with Gasteiger partial charge in [-0.15, -0.1) is 0 Å². The third-order valence-electron chi connectivity index (χ3n) is 1.86. The van der Waals surface area contributed by atoms with Crippen molar-refractivity contribution in [3.8, 4) is 0 Å². The van der Waals surface area contributed by atoms with Crippen LogP contribution in [0.3, 0.4) is 0 Å². The largest absolute Gasteiger partial charge is 0.388 e. The Morgan fingerprint density at radius 2 is 2.60 bits per heavy atom. The van der Waals surface area contributed by atoms with Crippen LogP contribution in [0.2, 0.25) is 0 Å². The summed E-state index contributed by atoms with van der Waals surface area (Å²) in [6.07, 6.45) is 3.69. The molecule has 2 rings (SSSR count). The average molecular weight is 141 g/mol. The number of ether oxygens (including phenoxy) is 1. The lowest BCUT2D eigenvalue weighted by molar-refractivity contribution is 0.156. The molecule has 0 amide bonds. The molecule has 0 aromatic carbocycles. The number of nitrogens with one attached hydrogen (secondary N) is 1. The van der Waals surface area contributed by atoms with Crippen LogP contribution in [-0.2, 0) is 4.74 Å². The number of hydrogen-bond donors (Lipinski definition) is 2. The Morgan fingerprint density at radius 1 is 1.80 bits per heavy atom. The van der Waals surface area contributed by atoms with Crippen LogP contribution >= 0.6 is 0 Å². The van der Waals surface area contributed by atoms with Crippen molar-refractivity contribution in [3.63, 3.8) is 0 Å². The lowest BCUT2D eigenvalue weighted by atomic mass is 10.2. The standard InChI is InChI=1S/C7H11NO2/c9-7-6(10-7)4-5-2-1-3-8-5/h2,6-9H,1,3-4H2. The van der Waals surface area contributed by atoms with Gasteiger partial charge in [-0.1, -0.05) is 6.08 Å². The Balaban J connectivity index is 1.80. The summed E-state index contributed by atoms with van der Waals surface area (Å²) in [6, 6.07) is 0. The molecule has 2 aliphatic rings. The van der Waals surface area contributed by atoms with E-state index in [9.17, 15) is 0 Å². The molecule has 2 atom stereocenters. The van der Waals surface area contributed by atoms with Crippen molar-refractivity contribution in [1.29, 1.82) is 0 Å². The van der Waals surface area contributed by atoms with Crippen LogP contribution in [-0.4, -0.2) is 24.0 Å². The van der Waals surface area contributed by atoms with Gasteiger partial charge >= 0.3 is 0 Å². The van der Waals surface area contributed by atoms with E-state index in [4.69, 9.17) is 9.84 Å². The van der Waals surface area contributed by atoms with Gasteiger partial charge in [-0.05, 0) is 6.42 Å². The van der Waals surface area contributed by atoms with Crippen LogP contribution in [0.25, 0.3) is 0 Å². The van der Waals surface area contributed by atoms with Crippen molar-refractivity contribution >= 4 is 0 Å². The topological polar surface area (TPSA) is 44.8 Å². The maximum atomic E-state index is 8.81. The second-order valence-electron chi connectivity index (χ2n) is 2.71. The first-order valence-corrected chi connectivity index (χ1v) is 3.63. The van der Waals surface area contributed by atoms with E-state index < -0.39 is 6.29 Å². The molecule has 0 aromatic rings. The quantitative estimate of drug-likeness (QED) is 0.531. The van der Waals surface area contributed by atoms with Crippen LogP contribution in [0.4, 0.5) is 0 Å². The van der Waals surface area contributed by atoms with Gasteiger partial charge in [0, 0.05) is 18.7 Å². The van der Waals surface area contributed by atoms with Crippen LogP contribution in [0.15, 0.2) is 11.8 Å². The second kappa shape index (κ2) is 2.25. The van der Waals surface area contributed by atoms with Crippen molar-refractivity contribution in [2.45, 2.75) is 25.2 Å². The van der Waals surface area contributed by atoms with Crippen molar-refractivity contribution in [2.75, 3.05) is 6.54 Å². The molecular weight excluding hydrogens is 130 g/mol. The number of hydrogen-bond acceptors (Lipinski definition) is 3. The third-order valence-corrected chi connectivity index (χ3v) is 1.86. The minimum absolute atomic E-state index is 0.0665. The molecule has 0 spiro atoms. The molecule has 3 heteroatoms. The number of rotatable bonds is 2. The summed E-state index contributed by atoms with van der Waals surface area (Å²) in [6.45, 7) is 1.04. The highest BCUT2D eigenvalue weighted by atomic mass is 16.7. The summed E-state index contributed by atoms with van der Waals surface area (Å²) in [4.78, 5) is 0. The Hall–Kier alpha value is -0.540. The van der Waals surface area contributed by atoms with Gasteiger partial charge < -0.3 is 15.2 Å². The van der Waals surface area contributed by atoms with Crippen LogP contribution in [0.5, 0.6) is 0 Å². The fourth-order valence-electron chi connectivity index (χ4n) is 1.21. The molecule has 10 heavy (non-hydrogen) atoms. The summed E-state index contributed by atoms with van der Waals surface area (Å²) in [7, 11) is 0. The minimum Gasteiger partial charge on any atom is -0.388 e. The Morgan fingerprint density at radius 3 is 3.10 bits per heavy atom. The molecule has 1 fully saturated rings. The Labute approximate surface area is 59.7 Å². The first-order chi connectivity index (χ1) is 4.86. The maximum Gasteiger partial charge on any atom is 0.182 e. The molecule has 0 aliphatic carbocycles. The van der Waals surface area contributed by atoms with Crippen molar-refractivity contribution < 1.29 is 9.84 Å². The van der Waals surface area contributed by atoms with E-state index in [0.29, 0.717) is 0 Å². The van der Waals surface area contributed by atoms with Crippen molar-refractivity contribution in [3.05, 3.63) is 11.8 Å². The molecule has 3 nitrogen and oxygen atoms in total. The molecular formula is C7H11NO2. The molecule has 56 valence electrons. The van der Waals surface area contributed by atoms with E-state index in [1.807, 2.05) is 0 Å². The van der Waals surface area contributed by atoms with E-state index in [2.05, 4.69) is 11.4 Å². The lowest BCUT2D eigenvalue weighted by Gasteiger charge is -1.98. The Kier molecular flexibility index (Phi) is 1.39. The highest BCUT2D eigenvalue weighted by Gasteiger charge is 2.37. The first kappa shape index (κ1) is 6.19. The summed E-state index contributed by atoms with van der Waals surface area (Å²) < 4.78 is 4.85. The highest BCUT2D eigenvalue weighted by molar-refractivity contribution is 5.08. The zero-order valence-electron chi connectivity index (χ0n) is 5.71. The van der Waals surface area contributed by atoms with Gasteiger partial charge in [-0.3, -0.25) is 0 Å². The van der Waals surface area contributed by atoms with E-state index in [1.165, 1.54) is 5.70 Å². The third kappa shape index (κ3) is 1.15. The molecule has 0 radical (unpaired) electrons. The average Bonchev–Trinajstić information content (AvgIpc) is 2.48. The van der Waals surface area contributed by atoms with Gasteiger partial charge in [0.2, 0.25) is 0 Å². The predicted octanol–water partition coefficient (Wildman–Crippen LogP) is -0.0291. The van der Waals surface area contributed by atoms with Crippen molar-refractivity contribution in [1.82, 2.24) is 5.32 Å². The summed E-state index contributed by atoms with van der Waals surface area (Å²) in [5, 5.41) is 12.0. The Bertz CT molecular complexity index is 167. The minimum atomic E-state index is -0.497. The zero-order valence-corrected chi connectivity index (χ0v) is 5.71. The van der Waals surface area contributed by atoms with E-state index in [0.717, 1.165) is 19.4 Å². The fraction of sp³-hybridized carbons (Fsp3) is 0.714. The molecule has 2 unspecified atom stereocenters. The smallest absolute Gasteiger partial charge is 0.182 e. The van der Waals surface area contributed by atoms with Gasteiger partial charge in [0.05, 0.1) is 0 Å². The fourth-order valence-corrected chi connectivity index (χ4v) is 1.21. The summed E-state index contributed by atoms with van der Waals surface area (Å²) >= 11 is 0. The van der Waals surface area contributed by atoms with Crippen LogP contribution < -0.4 is 5.32 Å². The number of aliphatic hydroxyl groups is 1. The van der Waals surface area contributed by atoms with Gasteiger partial charge in [-0.25, -0.2) is 0 Å². The number of epoxide rings is 1. The molecule has 0 bridgehead atoms.